The highest BCUT2D eigenvalue weighted by molar-refractivity contribution is 4.95. The molecule has 0 saturated carbocycles. The Hall–Kier alpha value is -1.00. The lowest BCUT2D eigenvalue weighted by Gasteiger charge is -2.34. The van der Waals surface area contributed by atoms with Crippen LogP contribution < -0.4 is 5.73 Å². The van der Waals surface area contributed by atoms with Crippen LogP contribution in [0.4, 0.5) is 0 Å². The van der Waals surface area contributed by atoms with Crippen molar-refractivity contribution in [1.29, 1.82) is 0 Å². The lowest BCUT2D eigenvalue weighted by Crippen LogP contribution is -2.43. The van der Waals surface area contributed by atoms with Crippen molar-refractivity contribution in [2.75, 3.05) is 13.1 Å². The summed E-state index contributed by atoms with van der Waals surface area (Å²) in [5, 5.41) is 0. The van der Waals surface area contributed by atoms with E-state index in [9.17, 15) is 0 Å². The molecular formula is C11H18N4. The van der Waals surface area contributed by atoms with Crippen LogP contribution in [0, 0.1) is 0 Å². The molecule has 2 N–H and O–H groups in total. The predicted octanol–water partition coefficient (Wildman–Crippen LogP) is 0.790. The fourth-order valence-electron chi connectivity index (χ4n) is 2.15. The number of nitrogens with zero attached hydrogens (tertiary/aromatic N) is 3. The van der Waals surface area contributed by atoms with Crippen LogP contribution in [0.5, 0.6) is 0 Å². The van der Waals surface area contributed by atoms with Gasteiger partial charge in [0.05, 0.1) is 5.69 Å². The number of aromatic nitrogens is 2. The Morgan fingerprint density at radius 2 is 2.33 bits per heavy atom. The first-order chi connectivity index (χ1) is 7.40. The van der Waals surface area contributed by atoms with Crippen LogP contribution in [0.2, 0.25) is 0 Å². The van der Waals surface area contributed by atoms with E-state index in [-0.39, 0.29) is 0 Å². The van der Waals surface area contributed by atoms with Gasteiger partial charge in [-0.3, -0.25) is 14.9 Å². The fraction of sp³-hybridized carbons (Fsp3) is 0.636. The Morgan fingerprint density at radius 1 is 1.40 bits per heavy atom. The van der Waals surface area contributed by atoms with Gasteiger partial charge in [0.1, 0.15) is 0 Å². The maximum absolute atomic E-state index is 5.77. The van der Waals surface area contributed by atoms with Crippen LogP contribution in [0.15, 0.2) is 18.6 Å². The van der Waals surface area contributed by atoms with E-state index in [1.165, 1.54) is 19.3 Å². The lowest BCUT2D eigenvalue weighted by molar-refractivity contribution is 0.143. The van der Waals surface area contributed by atoms with Gasteiger partial charge in [0.2, 0.25) is 0 Å². The van der Waals surface area contributed by atoms with Crippen molar-refractivity contribution in [1.82, 2.24) is 14.9 Å². The molecule has 0 radical (unpaired) electrons. The van der Waals surface area contributed by atoms with Crippen molar-refractivity contribution in [3.05, 3.63) is 24.3 Å². The van der Waals surface area contributed by atoms with Gasteiger partial charge in [0.25, 0.3) is 0 Å². The van der Waals surface area contributed by atoms with E-state index in [2.05, 4.69) is 14.9 Å². The lowest BCUT2D eigenvalue weighted by atomic mass is 10.0. The zero-order valence-corrected chi connectivity index (χ0v) is 8.97. The third-order valence-corrected chi connectivity index (χ3v) is 3.00. The summed E-state index contributed by atoms with van der Waals surface area (Å²) in [6, 6.07) is 0.528. The highest BCUT2D eigenvalue weighted by Gasteiger charge is 2.21. The molecular weight excluding hydrogens is 188 g/mol. The molecule has 1 aliphatic rings. The van der Waals surface area contributed by atoms with E-state index < -0.39 is 0 Å². The first-order valence-electron chi connectivity index (χ1n) is 5.59. The summed E-state index contributed by atoms with van der Waals surface area (Å²) in [5.74, 6) is 0. The van der Waals surface area contributed by atoms with Crippen LogP contribution in [-0.2, 0) is 6.54 Å². The average molecular weight is 206 g/mol. The van der Waals surface area contributed by atoms with Gasteiger partial charge in [-0.25, -0.2) is 0 Å². The first-order valence-corrected chi connectivity index (χ1v) is 5.59. The summed E-state index contributed by atoms with van der Waals surface area (Å²) in [4.78, 5) is 10.8. The molecule has 4 heteroatoms. The van der Waals surface area contributed by atoms with Gasteiger partial charge >= 0.3 is 0 Å². The standard InChI is InChI=1S/C11H18N4/c12-7-11-3-1-2-6-15(11)9-10-8-13-4-5-14-10/h4-5,8,11H,1-3,6-7,9,12H2/t11-/m0/s1. The molecule has 0 amide bonds. The minimum atomic E-state index is 0.528. The molecule has 0 aliphatic carbocycles. The van der Waals surface area contributed by atoms with Crippen molar-refractivity contribution < 1.29 is 0 Å². The largest absolute Gasteiger partial charge is 0.329 e. The smallest absolute Gasteiger partial charge is 0.0726 e. The molecule has 82 valence electrons. The van der Waals surface area contributed by atoms with Crippen molar-refractivity contribution in [3.8, 4) is 0 Å². The van der Waals surface area contributed by atoms with Crippen LogP contribution >= 0.6 is 0 Å². The van der Waals surface area contributed by atoms with E-state index in [1.807, 2.05) is 6.20 Å². The molecule has 1 fully saturated rings. The molecule has 1 aromatic heterocycles. The molecule has 4 nitrogen and oxygen atoms in total. The Bertz CT molecular complexity index is 288. The number of hydrogen-bond donors (Lipinski definition) is 1. The molecule has 1 aliphatic heterocycles. The van der Waals surface area contributed by atoms with Crippen molar-refractivity contribution in [2.24, 2.45) is 5.73 Å². The highest BCUT2D eigenvalue weighted by atomic mass is 15.2. The molecule has 2 heterocycles. The second-order valence-electron chi connectivity index (χ2n) is 4.05. The molecule has 15 heavy (non-hydrogen) atoms. The number of piperidine rings is 1. The van der Waals surface area contributed by atoms with Crippen LogP contribution in [0.3, 0.4) is 0 Å². The highest BCUT2D eigenvalue weighted by Crippen LogP contribution is 2.17. The van der Waals surface area contributed by atoms with E-state index in [1.54, 1.807) is 12.4 Å². The monoisotopic (exact) mass is 206 g/mol. The van der Waals surface area contributed by atoms with Gasteiger partial charge in [-0.2, -0.15) is 0 Å². The van der Waals surface area contributed by atoms with Gasteiger partial charge in [0.15, 0.2) is 0 Å². The minimum absolute atomic E-state index is 0.528. The zero-order valence-electron chi connectivity index (χ0n) is 8.97. The Balaban J connectivity index is 1.97. The van der Waals surface area contributed by atoms with Crippen molar-refractivity contribution in [2.45, 2.75) is 31.8 Å². The molecule has 2 rings (SSSR count). The summed E-state index contributed by atoms with van der Waals surface area (Å²) in [6.07, 6.45) is 9.09. The van der Waals surface area contributed by atoms with Crippen molar-refractivity contribution >= 4 is 0 Å². The van der Waals surface area contributed by atoms with Crippen LogP contribution in [0.25, 0.3) is 0 Å². The second-order valence-corrected chi connectivity index (χ2v) is 4.05. The Morgan fingerprint density at radius 3 is 3.07 bits per heavy atom. The minimum Gasteiger partial charge on any atom is -0.329 e. The predicted molar refractivity (Wildman–Crippen MR) is 59.1 cm³/mol. The van der Waals surface area contributed by atoms with E-state index in [4.69, 9.17) is 5.73 Å². The van der Waals surface area contributed by atoms with E-state index in [0.717, 1.165) is 25.3 Å². The van der Waals surface area contributed by atoms with Gasteiger partial charge in [0, 0.05) is 37.7 Å². The van der Waals surface area contributed by atoms with Gasteiger partial charge in [-0.05, 0) is 19.4 Å². The van der Waals surface area contributed by atoms with Crippen LogP contribution in [0.1, 0.15) is 25.0 Å². The third kappa shape index (κ3) is 2.73. The van der Waals surface area contributed by atoms with Gasteiger partial charge < -0.3 is 5.73 Å². The number of likely N-dealkylation sites (tertiary alicyclic amines) is 1. The van der Waals surface area contributed by atoms with Crippen molar-refractivity contribution in [3.63, 3.8) is 0 Å². The SMILES string of the molecule is NC[C@@H]1CCCCN1Cc1cnccn1. The molecule has 1 aromatic rings. The van der Waals surface area contributed by atoms with Gasteiger partial charge in [-0.1, -0.05) is 6.42 Å². The summed E-state index contributed by atoms with van der Waals surface area (Å²) in [7, 11) is 0. The zero-order chi connectivity index (χ0) is 10.5. The quantitative estimate of drug-likeness (QED) is 0.794. The number of hydrogen-bond acceptors (Lipinski definition) is 4. The van der Waals surface area contributed by atoms with Gasteiger partial charge in [-0.15, -0.1) is 0 Å². The molecule has 0 spiro atoms. The van der Waals surface area contributed by atoms with E-state index in [0.29, 0.717) is 6.04 Å². The molecule has 0 aromatic carbocycles. The maximum Gasteiger partial charge on any atom is 0.0726 e. The fourth-order valence-corrected chi connectivity index (χ4v) is 2.15. The normalized spacial score (nSPS) is 22.9. The summed E-state index contributed by atoms with van der Waals surface area (Å²) in [6.45, 7) is 2.77. The van der Waals surface area contributed by atoms with Crippen LogP contribution in [-0.4, -0.2) is 34.0 Å². The Labute approximate surface area is 90.5 Å². The number of nitrogens with two attached hydrogens (primary N) is 1. The molecule has 0 bridgehead atoms. The third-order valence-electron chi connectivity index (χ3n) is 3.00. The topological polar surface area (TPSA) is 55.0 Å². The summed E-state index contributed by atoms with van der Waals surface area (Å²) < 4.78 is 0. The first kappa shape index (κ1) is 10.5. The number of rotatable bonds is 3. The molecule has 1 saturated heterocycles. The average Bonchev–Trinajstić information content (AvgIpc) is 2.31. The maximum atomic E-state index is 5.77. The molecule has 1 atom stereocenters. The summed E-state index contributed by atoms with van der Waals surface area (Å²) >= 11 is 0. The Kier molecular flexibility index (Phi) is 3.64. The second kappa shape index (κ2) is 5.19. The molecule has 0 unspecified atom stereocenters. The van der Waals surface area contributed by atoms with E-state index >= 15 is 0 Å². The summed E-state index contributed by atoms with van der Waals surface area (Å²) in [5.41, 5.74) is 6.81.